The maximum absolute atomic E-state index is 12.6. The van der Waals surface area contributed by atoms with E-state index in [0.717, 1.165) is 0 Å². The van der Waals surface area contributed by atoms with Crippen molar-refractivity contribution in [3.8, 4) is 0 Å². The van der Waals surface area contributed by atoms with E-state index < -0.39 is 10.0 Å². The van der Waals surface area contributed by atoms with Crippen molar-refractivity contribution in [2.75, 3.05) is 26.2 Å². The normalized spacial score (nSPS) is 16.3. The van der Waals surface area contributed by atoms with Crippen molar-refractivity contribution >= 4 is 21.7 Å². The van der Waals surface area contributed by atoms with Gasteiger partial charge in [-0.25, -0.2) is 17.9 Å². The third-order valence-corrected chi connectivity index (χ3v) is 6.00. The Kier molecular flexibility index (Phi) is 3.92. The highest BCUT2D eigenvalue weighted by Gasteiger charge is 2.32. The van der Waals surface area contributed by atoms with Gasteiger partial charge in [-0.1, -0.05) is 0 Å². The molecule has 0 saturated carbocycles. The van der Waals surface area contributed by atoms with Crippen molar-refractivity contribution in [1.82, 2.24) is 38.6 Å². The molecule has 0 aromatic carbocycles. The Bertz CT molecular complexity index is 1030. The molecule has 136 valence electrons. The predicted molar refractivity (Wildman–Crippen MR) is 88.7 cm³/mol. The van der Waals surface area contributed by atoms with Gasteiger partial charge in [-0.3, -0.25) is 9.48 Å². The summed E-state index contributed by atoms with van der Waals surface area (Å²) in [5.41, 5.74) is 0. The fourth-order valence-corrected chi connectivity index (χ4v) is 4.19. The number of piperazine rings is 1. The summed E-state index contributed by atoms with van der Waals surface area (Å²) in [4.78, 5) is 22.4. The van der Waals surface area contributed by atoms with Crippen molar-refractivity contribution < 1.29 is 13.2 Å². The van der Waals surface area contributed by atoms with Gasteiger partial charge in [0.2, 0.25) is 15.8 Å². The van der Waals surface area contributed by atoms with Crippen LogP contribution in [0.5, 0.6) is 0 Å². The van der Waals surface area contributed by atoms with E-state index in [1.807, 2.05) is 0 Å². The molecular formula is C14H16N8O3S. The van der Waals surface area contributed by atoms with Gasteiger partial charge in [0.1, 0.15) is 4.90 Å². The summed E-state index contributed by atoms with van der Waals surface area (Å²) in [5.74, 6) is 0.0508. The molecule has 1 aliphatic heterocycles. The fraction of sp³-hybridized carbons (Fsp3) is 0.357. The number of carbonyl (C=O) groups excluding carboxylic acids is 1. The quantitative estimate of drug-likeness (QED) is 0.575. The number of aryl methyl sites for hydroxylation is 1. The molecule has 0 radical (unpaired) electrons. The van der Waals surface area contributed by atoms with E-state index in [1.54, 1.807) is 30.4 Å². The highest BCUT2D eigenvalue weighted by Crippen LogP contribution is 2.17. The lowest BCUT2D eigenvalue weighted by Gasteiger charge is -2.33. The Balaban J connectivity index is 1.47. The zero-order valence-corrected chi connectivity index (χ0v) is 14.7. The number of carbonyl (C=O) groups is 1. The number of aromatic nitrogens is 6. The van der Waals surface area contributed by atoms with Crippen molar-refractivity contribution in [2.45, 2.75) is 4.90 Å². The van der Waals surface area contributed by atoms with Gasteiger partial charge in [0.05, 0.1) is 6.20 Å². The van der Waals surface area contributed by atoms with Gasteiger partial charge in [-0.2, -0.15) is 14.4 Å². The van der Waals surface area contributed by atoms with Crippen LogP contribution in [0.2, 0.25) is 0 Å². The maximum atomic E-state index is 12.6. The molecule has 0 bridgehead atoms. The topological polar surface area (TPSA) is 119 Å². The molecule has 4 rings (SSSR count). The van der Waals surface area contributed by atoms with Gasteiger partial charge < -0.3 is 4.90 Å². The largest absolute Gasteiger partial charge is 0.333 e. The molecule has 1 amide bonds. The molecule has 1 aliphatic rings. The third-order valence-electron chi connectivity index (χ3n) is 4.15. The van der Waals surface area contributed by atoms with E-state index in [-0.39, 0.29) is 42.8 Å². The smallest absolute Gasteiger partial charge is 0.293 e. The lowest BCUT2D eigenvalue weighted by atomic mass is 10.3. The zero-order valence-electron chi connectivity index (χ0n) is 13.9. The number of nitrogens with zero attached hydrogens (tertiary/aromatic N) is 8. The van der Waals surface area contributed by atoms with Crippen LogP contribution in [0.1, 0.15) is 10.6 Å². The van der Waals surface area contributed by atoms with Crippen molar-refractivity contribution in [3.05, 3.63) is 36.7 Å². The van der Waals surface area contributed by atoms with Crippen LogP contribution in [0.15, 0.2) is 35.7 Å². The Hall–Kier alpha value is -2.86. The summed E-state index contributed by atoms with van der Waals surface area (Å²) in [6, 6.07) is 1.69. The van der Waals surface area contributed by atoms with Crippen LogP contribution < -0.4 is 0 Å². The summed E-state index contributed by atoms with van der Waals surface area (Å²) < 4.78 is 29.4. The van der Waals surface area contributed by atoms with Crippen molar-refractivity contribution in [2.24, 2.45) is 7.05 Å². The summed E-state index contributed by atoms with van der Waals surface area (Å²) in [7, 11) is -1.95. The first kappa shape index (κ1) is 16.6. The summed E-state index contributed by atoms with van der Waals surface area (Å²) in [6.07, 6.45) is 6.01. The van der Waals surface area contributed by atoms with E-state index in [0.29, 0.717) is 5.78 Å². The molecule has 12 heteroatoms. The molecule has 26 heavy (non-hydrogen) atoms. The number of hydrogen-bond donors (Lipinski definition) is 0. The van der Waals surface area contributed by atoms with Gasteiger partial charge >= 0.3 is 0 Å². The van der Waals surface area contributed by atoms with E-state index in [4.69, 9.17) is 0 Å². The molecule has 11 nitrogen and oxygen atoms in total. The van der Waals surface area contributed by atoms with Crippen LogP contribution in [0.4, 0.5) is 0 Å². The summed E-state index contributed by atoms with van der Waals surface area (Å²) in [6.45, 7) is 0.936. The van der Waals surface area contributed by atoms with Crippen molar-refractivity contribution in [3.63, 3.8) is 0 Å². The SMILES string of the molecule is Cn1cc(S(=O)(=O)N2CCN(C(=O)c3nc4ncccn4n3)CC2)cn1. The van der Waals surface area contributed by atoms with Crippen LogP contribution in [-0.4, -0.2) is 79.1 Å². The standard InChI is InChI=1S/C14H16N8O3S/c1-19-10-11(9-16-19)26(24,25)21-7-5-20(6-8-21)13(23)12-17-14-15-3-2-4-22(14)18-12/h2-4,9-10H,5-8H2,1H3. The van der Waals surface area contributed by atoms with Crippen LogP contribution in [0.25, 0.3) is 5.78 Å². The highest BCUT2D eigenvalue weighted by molar-refractivity contribution is 7.89. The van der Waals surface area contributed by atoms with Gasteiger partial charge in [-0.05, 0) is 6.07 Å². The molecular weight excluding hydrogens is 360 g/mol. The van der Waals surface area contributed by atoms with E-state index >= 15 is 0 Å². The maximum Gasteiger partial charge on any atom is 0.293 e. The summed E-state index contributed by atoms with van der Waals surface area (Å²) >= 11 is 0. The van der Waals surface area contributed by atoms with Gasteiger partial charge in [0.15, 0.2) is 0 Å². The monoisotopic (exact) mass is 376 g/mol. The molecule has 0 N–H and O–H groups in total. The molecule has 3 aromatic rings. The Labute approximate surface area is 148 Å². The minimum absolute atomic E-state index is 0.0484. The average molecular weight is 376 g/mol. The first-order valence-electron chi connectivity index (χ1n) is 7.90. The molecule has 0 aliphatic carbocycles. The van der Waals surface area contributed by atoms with Crippen LogP contribution in [-0.2, 0) is 17.1 Å². The van der Waals surface area contributed by atoms with E-state index in [2.05, 4.69) is 20.2 Å². The number of sulfonamides is 1. The molecule has 4 heterocycles. The van der Waals surface area contributed by atoms with Crippen LogP contribution in [0.3, 0.4) is 0 Å². The van der Waals surface area contributed by atoms with Gasteiger partial charge in [0.25, 0.3) is 11.7 Å². The number of fused-ring (bicyclic) bond motifs is 1. The van der Waals surface area contributed by atoms with Gasteiger partial charge in [-0.15, -0.1) is 5.10 Å². The Morgan fingerprint density at radius 3 is 2.62 bits per heavy atom. The number of hydrogen-bond acceptors (Lipinski definition) is 7. The minimum Gasteiger partial charge on any atom is -0.333 e. The zero-order chi connectivity index (χ0) is 18.3. The first-order valence-corrected chi connectivity index (χ1v) is 9.34. The fourth-order valence-electron chi connectivity index (χ4n) is 2.78. The van der Waals surface area contributed by atoms with Crippen LogP contribution >= 0.6 is 0 Å². The molecule has 0 atom stereocenters. The average Bonchev–Trinajstić information content (AvgIpc) is 3.27. The molecule has 1 fully saturated rings. The van der Waals surface area contributed by atoms with E-state index in [9.17, 15) is 13.2 Å². The first-order chi connectivity index (χ1) is 12.4. The second-order valence-corrected chi connectivity index (χ2v) is 7.78. The van der Waals surface area contributed by atoms with Crippen LogP contribution in [0, 0.1) is 0 Å². The van der Waals surface area contributed by atoms with Gasteiger partial charge in [0, 0.05) is 51.8 Å². The Morgan fingerprint density at radius 2 is 1.96 bits per heavy atom. The number of amides is 1. The Morgan fingerprint density at radius 1 is 1.19 bits per heavy atom. The second kappa shape index (κ2) is 6.14. The highest BCUT2D eigenvalue weighted by atomic mass is 32.2. The van der Waals surface area contributed by atoms with Crippen molar-refractivity contribution in [1.29, 1.82) is 0 Å². The summed E-state index contributed by atoms with van der Waals surface area (Å²) in [5, 5.41) is 8.02. The minimum atomic E-state index is -3.61. The third kappa shape index (κ3) is 2.82. The molecule has 0 spiro atoms. The number of rotatable bonds is 3. The molecule has 1 saturated heterocycles. The molecule has 3 aromatic heterocycles. The molecule has 0 unspecified atom stereocenters. The van der Waals surface area contributed by atoms with E-state index in [1.165, 1.54) is 25.9 Å². The second-order valence-electron chi connectivity index (χ2n) is 5.85. The predicted octanol–water partition coefficient (Wildman–Crippen LogP) is -0.995. The lowest BCUT2D eigenvalue weighted by molar-refractivity contribution is 0.0686. The lowest BCUT2D eigenvalue weighted by Crippen LogP contribution is -2.50.